The average molecular weight is 327 g/mol. The fraction of sp³-hybridized carbons (Fsp3) is 0.667. The molecule has 0 spiro atoms. The van der Waals surface area contributed by atoms with Crippen molar-refractivity contribution in [3.05, 3.63) is 15.9 Å². The predicted molar refractivity (Wildman–Crippen MR) is 71.5 cm³/mol. The van der Waals surface area contributed by atoms with Crippen molar-refractivity contribution in [1.29, 1.82) is 0 Å². The van der Waals surface area contributed by atoms with Crippen LogP contribution in [0, 0.1) is 6.92 Å². The smallest absolute Gasteiger partial charge is 0.148 e. The topological polar surface area (TPSA) is 52.0 Å². The summed E-state index contributed by atoms with van der Waals surface area (Å²) in [5, 5.41) is 4.28. The number of aromatic nitrogens is 2. The summed E-state index contributed by atoms with van der Waals surface area (Å²) >= 11 is 5.08. The fourth-order valence-corrected chi connectivity index (χ4v) is 4.23. The molecular weight excluding hydrogens is 312 g/mol. The van der Waals surface area contributed by atoms with Gasteiger partial charge in [0, 0.05) is 24.8 Å². The number of hydrogen-bond donors (Lipinski definition) is 0. The molecule has 0 aliphatic heterocycles. The van der Waals surface area contributed by atoms with Crippen molar-refractivity contribution < 1.29 is 8.42 Å². The number of aryl methyl sites for hydroxylation is 2. The first-order valence-electron chi connectivity index (χ1n) is 4.74. The zero-order valence-corrected chi connectivity index (χ0v) is 12.7. The second kappa shape index (κ2) is 5.55. The van der Waals surface area contributed by atoms with Crippen LogP contribution >= 0.6 is 27.7 Å². The van der Waals surface area contributed by atoms with E-state index in [2.05, 4.69) is 21.0 Å². The van der Waals surface area contributed by atoms with Gasteiger partial charge < -0.3 is 0 Å². The summed E-state index contributed by atoms with van der Waals surface area (Å²) in [4.78, 5) is 0. The number of nitrogens with zero attached hydrogens (tertiary/aromatic N) is 2. The Hall–Kier alpha value is -0.0100. The third kappa shape index (κ3) is 4.10. The molecule has 0 N–H and O–H groups in total. The van der Waals surface area contributed by atoms with Gasteiger partial charge in [-0.15, -0.1) is 0 Å². The Labute approximate surface area is 109 Å². The molecule has 1 rings (SSSR count). The largest absolute Gasteiger partial charge is 0.270 e. The van der Waals surface area contributed by atoms with Gasteiger partial charge in [-0.2, -0.15) is 16.9 Å². The van der Waals surface area contributed by atoms with Crippen molar-refractivity contribution in [1.82, 2.24) is 9.78 Å². The molecule has 0 aromatic carbocycles. The molecule has 0 unspecified atom stereocenters. The summed E-state index contributed by atoms with van der Waals surface area (Å²) in [6.07, 6.45) is 1.26. The van der Waals surface area contributed by atoms with Crippen molar-refractivity contribution in [3.8, 4) is 0 Å². The van der Waals surface area contributed by atoms with E-state index in [1.165, 1.54) is 6.26 Å². The van der Waals surface area contributed by atoms with Gasteiger partial charge in [0.05, 0.1) is 21.6 Å². The Balaban J connectivity index is 2.49. The Morgan fingerprint density at radius 2 is 2.12 bits per heavy atom. The van der Waals surface area contributed by atoms with Crippen LogP contribution in [-0.4, -0.2) is 36.0 Å². The summed E-state index contributed by atoms with van der Waals surface area (Å²) in [5.74, 6) is 1.62. The van der Waals surface area contributed by atoms with E-state index in [-0.39, 0.29) is 5.75 Å². The molecule has 0 aliphatic rings. The van der Waals surface area contributed by atoms with Gasteiger partial charge in [-0.05, 0) is 22.9 Å². The molecule has 0 aliphatic carbocycles. The normalized spacial score (nSPS) is 12.0. The summed E-state index contributed by atoms with van der Waals surface area (Å²) in [6, 6.07) is 0. The molecule has 7 heteroatoms. The van der Waals surface area contributed by atoms with Crippen LogP contribution in [0.1, 0.15) is 11.4 Å². The van der Waals surface area contributed by atoms with Gasteiger partial charge in [0.25, 0.3) is 0 Å². The number of rotatable bonds is 5. The molecule has 0 atom stereocenters. The summed E-state index contributed by atoms with van der Waals surface area (Å²) in [7, 11) is -0.956. The number of hydrogen-bond acceptors (Lipinski definition) is 4. The lowest BCUT2D eigenvalue weighted by Gasteiger charge is -2.02. The van der Waals surface area contributed by atoms with Crippen molar-refractivity contribution in [2.24, 2.45) is 7.05 Å². The van der Waals surface area contributed by atoms with Crippen LogP contribution in [-0.2, 0) is 22.6 Å². The van der Waals surface area contributed by atoms with Crippen LogP contribution in [0.25, 0.3) is 0 Å². The van der Waals surface area contributed by atoms with Gasteiger partial charge in [0.15, 0.2) is 0 Å². The van der Waals surface area contributed by atoms with E-state index in [4.69, 9.17) is 0 Å². The summed E-state index contributed by atoms with van der Waals surface area (Å²) in [6.45, 7) is 1.94. The van der Waals surface area contributed by atoms with E-state index in [0.29, 0.717) is 5.75 Å². The number of sulfone groups is 1. The molecule has 0 saturated heterocycles. The van der Waals surface area contributed by atoms with Gasteiger partial charge in [-0.3, -0.25) is 4.68 Å². The average Bonchev–Trinajstić information content (AvgIpc) is 2.36. The molecule has 0 amide bonds. The van der Waals surface area contributed by atoms with E-state index >= 15 is 0 Å². The maximum atomic E-state index is 10.9. The third-order valence-electron chi connectivity index (χ3n) is 2.10. The molecule has 0 fully saturated rings. The lowest BCUT2D eigenvalue weighted by molar-refractivity contribution is 0.603. The van der Waals surface area contributed by atoms with Gasteiger partial charge in [-0.25, -0.2) is 8.42 Å². The molecule has 0 saturated carbocycles. The Morgan fingerprint density at radius 1 is 1.50 bits per heavy atom. The van der Waals surface area contributed by atoms with Crippen molar-refractivity contribution in [2.75, 3.05) is 17.8 Å². The Kier molecular flexibility index (Phi) is 4.88. The number of halogens is 1. The monoisotopic (exact) mass is 326 g/mol. The maximum absolute atomic E-state index is 10.9. The first-order chi connectivity index (χ1) is 7.31. The predicted octanol–water partition coefficient (Wildman–Crippen LogP) is 1.77. The van der Waals surface area contributed by atoms with Crippen LogP contribution in [0.4, 0.5) is 0 Å². The highest BCUT2D eigenvalue weighted by molar-refractivity contribution is 9.10. The highest BCUT2D eigenvalue weighted by Crippen LogP contribution is 2.24. The molecule has 4 nitrogen and oxygen atoms in total. The molecular formula is C9H15BrN2O2S2. The highest BCUT2D eigenvalue weighted by Gasteiger charge is 2.10. The fourth-order valence-electron chi connectivity index (χ4n) is 1.22. The molecule has 92 valence electrons. The molecule has 1 aromatic rings. The minimum absolute atomic E-state index is 0.228. The van der Waals surface area contributed by atoms with Crippen molar-refractivity contribution in [2.45, 2.75) is 12.7 Å². The molecule has 0 radical (unpaired) electrons. The lowest BCUT2D eigenvalue weighted by atomic mass is 10.4. The SMILES string of the molecule is Cc1nn(C)c(CSCCS(C)(=O)=O)c1Br. The Morgan fingerprint density at radius 3 is 2.56 bits per heavy atom. The zero-order chi connectivity index (χ0) is 12.3. The van der Waals surface area contributed by atoms with Gasteiger partial charge in [0.1, 0.15) is 9.84 Å². The summed E-state index contributed by atoms with van der Waals surface area (Å²) < 4.78 is 24.7. The van der Waals surface area contributed by atoms with Crippen LogP contribution in [0.3, 0.4) is 0 Å². The summed E-state index contributed by atoms with van der Waals surface area (Å²) in [5.41, 5.74) is 2.05. The van der Waals surface area contributed by atoms with Crippen LogP contribution in [0.15, 0.2) is 4.47 Å². The van der Waals surface area contributed by atoms with Gasteiger partial charge >= 0.3 is 0 Å². The molecule has 16 heavy (non-hydrogen) atoms. The first kappa shape index (κ1) is 14.1. The van der Waals surface area contributed by atoms with E-state index in [1.54, 1.807) is 11.8 Å². The molecule has 0 bridgehead atoms. The lowest BCUT2D eigenvalue weighted by Crippen LogP contribution is -2.06. The second-order valence-corrected chi connectivity index (χ2v) is 7.81. The van der Waals surface area contributed by atoms with Crippen LogP contribution in [0.5, 0.6) is 0 Å². The maximum Gasteiger partial charge on any atom is 0.148 e. The third-order valence-corrected chi connectivity index (χ3v) is 5.30. The number of thioether (sulfide) groups is 1. The zero-order valence-electron chi connectivity index (χ0n) is 9.53. The first-order valence-corrected chi connectivity index (χ1v) is 8.75. The van der Waals surface area contributed by atoms with Crippen molar-refractivity contribution >= 4 is 37.5 Å². The molecule has 1 aromatic heterocycles. The quantitative estimate of drug-likeness (QED) is 0.774. The minimum Gasteiger partial charge on any atom is -0.270 e. The van der Waals surface area contributed by atoms with E-state index in [0.717, 1.165) is 21.6 Å². The van der Waals surface area contributed by atoms with Gasteiger partial charge in [0.2, 0.25) is 0 Å². The van der Waals surface area contributed by atoms with Crippen LogP contribution in [0.2, 0.25) is 0 Å². The van der Waals surface area contributed by atoms with Gasteiger partial charge in [-0.1, -0.05) is 0 Å². The van der Waals surface area contributed by atoms with E-state index < -0.39 is 9.84 Å². The van der Waals surface area contributed by atoms with Crippen LogP contribution < -0.4 is 0 Å². The van der Waals surface area contributed by atoms with Crippen molar-refractivity contribution in [3.63, 3.8) is 0 Å². The van der Waals surface area contributed by atoms with E-state index in [9.17, 15) is 8.42 Å². The van der Waals surface area contributed by atoms with E-state index in [1.807, 2.05) is 18.7 Å². The second-order valence-electron chi connectivity index (χ2n) is 3.65. The highest BCUT2D eigenvalue weighted by atomic mass is 79.9. The molecule has 1 heterocycles. The Bertz CT molecular complexity index is 468. The standard InChI is InChI=1S/C9H15BrN2O2S2/c1-7-9(10)8(12(2)11-7)6-15-4-5-16(3,13)14/h4-6H2,1-3H3. The minimum atomic E-state index is -2.85.